The zero-order chi connectivity index (χ0) is 24.5. The number of allylic oxidation sites excluding steroid dienone is 2. The third-order valence-electron chi connectivity index (χ3n) is 5.83. The lowest BCUT2D eigenvalue weighted by Crippen LogP contribution is -2.07. The third kappa shape index (κ3) is 5.14. The molecule has 0 radical (unpaired) electrons. The predicted molar refractivity (Wildman–Crippen MR) is 121 cm³/mol. The number of hydrogen-bond acceptors (Lipinski definition) is 2. The number of carbonyl (C=O) groups is 1. The van der Waals surface area contributed by atoms with E-state index in [9.17, 15) is 27.5 Å². The molecule has 34 heavy (non-hydrogen) atoms. The molecule has 3 aromatic rings. The van der Waals surface area contributed by atoms with Crippen molar-refractivity contribution in [1.82, 2.24) is 0 Å². The summed E-state index contributed by atoms with van der Waals surface area (Å²) < 4.78 is 59.7. The highest BCUT2D eigenvalue weighted by Crippen LogP contribution is 2.45. The Hall–Kier alpha value is -3.61. The molecule has 1 aliphatic rings. The highest BCUT2D eigenvalue weighted by atomic mass is 19.4. The van der Waals surface area contributed by atoms with Gasteiger partial charge in [0, 0.05) is 5.56 Å². The molecule has 0 aromatic heterocycles. The van der Waals surface area contributed by atoms with Crippen LogP contribution in [-0.2, 0) is 12.8 Å². The van der Waals surface area contributed by atoms with Crippen molar-refractivity contribution in [3.05, 3.63) is 99.9 Å². The van der Waals surface area contributed by atoms with Gasteiger partial charge in [-0.15, -0.1) is 0 Å². The Morgan fingerprint density at radius 3 is 2.35 bits per heavy atom. The number of ether oxygens (including phenoxy) is 1. The van der Waals surface area contributed by atoms with Crippen molar-refractivity contribution in [3.8, 4) is 5.75 Å². The summed E-state index contributed by atoms with van der Waals surface area (Å²) in [6.45, 7) is 1.85. The molecule has 0 atom stereocenters. The SMILES string of the molecule is Cc1cc(C(=O)O)cc(C2=C(c3cc(C(F)(F)F)ccc3OCc3ccc(F)cc3)CCC2)c1. The van der Waals surface area contributed by atoms with Gasteiger partial charge in [0.15, 0.2) is 0 Å². The molecule has 0 saturated heterocycles. The predicted octanol–water partition coefficient (Wildman–Crippen LogP) is 7.52. The van der Waals surface area contributed by atoms with Gasteiger partial charge in [0.1, 0.15) is 18.2 Å². The van der Waals surface area contributed by atoms with Crippen molar-refractivity contribution < 1.29 is 32.2 Å². The molecule has 7 heteroatoms. The minimum Gasteiger partial charge on any atom is -0.488 e. The van der Waals surface area contributed by atoms with E-state index in [-0.39, 0.29) is 17.9 Å². The van der Waals surface area contributed by atoms with Gasteiger partial charge in [-0.05, 0) is 96.5 Å². The topological polar surface area (TPSA) is 46.5 Å². The zero-order valence-corrected chi connectivity index (χ0v) is 18.4. The number of hydrogen-bond donors (Lipinski definition) is 1. The minimum absolute atomic E-state index is 0.0644. The number of aromatic carboxylic acids is 1. The molecule has 0 spiro atoms. The van der Waals surface area contributed by atoms with E-state index in [4.69, 9.17) is 4.74 Å². The van der Waals surface area contributed by atoms with Crippen molar-refractivity contribution in [2.75, 3.05) is 0 Å². The highest BCUT2D eigenvalue weighted by Gasteiger charge is 2.32. The Bertz CT molecular complexity index is 1260. The number of carboxylic acid groups (broad SMARTS) is 1. The second kappa shape index (κ2) is 9.33. The van der Waals surface area contributed by atoms with E-state index in [2.05, 4.69) is 0 Å². The lowest BCUT2D eigenvalue weighted by molar-refractivity contribution is -0.137. The summed E-state index contributed by atoms with van der Waals surface area (Å²) >= 11 is 0. The van der Waals surface area contributed by atoms with Crippen LogP contribution >= 0.6 is 0 Å². The van der Waals surface area contributed by atoms with Crippen molar-refractivity contribution in [2.45, 2.75) is 39.0 Å². The summed E-state index contributed by atoms with van der Waals surface area (Å²) in [5.41, 5.74) is 3.33. The van der Waals surface area contributed by atoms with Crippen LogP contribution in [0.5, 0.6) is 5.75 Å². The van der Waals surface area contributed by atoms with Crippen LogP contribution in [-0.4, -0.2) is 11.1 Å². The molecule has 3 nitrogen and oxygen atoms in total. The maximum atomic E-state index is 13.5. The Labute approximate surface area is 194 Å². The number of carboxylic acids is 1. The molecule has 0 heterocycles. The summed E-state index contributed by atoms with van der Waals surface area (Å²) in [6.07, 6.45) is -2.64. The molecular formula is C27H22F4O3. The van der Waals surface area contributed by atoms with E-state index < -0.39 is 23.5 Å². The molecule has 0 fully saturated rings. The molecule has 0 aliphatic heterocycles. The molecule has 0 unspecified atom stereocenters. The summed E-state index contributed by atoms with van der Waals surface area (Å²) in [4.78, 5) is 11.5. The molecule has 0 saturated carbocycles. The van der Waals surface area contributed by atoms with Gasteiger partial charge in [-0.3, -0.25) is 0 Å². The maximum absolute atomic E-state index is 13.5. The first-order valence-corrected chi connectivity index (χ1v) is 10.8. The average molecular weight is 470 g/mol. The first-order valence-electron chi connectivity index (χ1n) is 10.8. The highest BCUT2D eigenvalue weighted by molar-refractivity contribution is 5.96. The van der Waals surface area contributed by atoms with Crippen LogP contribution < -0.4 is 4.74 Å². The molecular weight excluding hydrogens is 448 g/mol. The van der Waals surface area contributed by atoms with Gasteiger partial charge in [0.2, 0.25) is 0 Å². The second-order valence-electron chi connectivity index (χ2n) is 8.33. The summed E-state index contributed by atoms with van der Waals surface area (Å²) in [6, 6.07) is 14.0. The molecule has 1 aliphatic carbocycles. The lowest BCUT2D eigenvalue weighted by atomic mass is 9.93. The van der Waals surface area contributed by atoms with Crippen LogP contribution in [0.2, 0.25) is 0 Å². The Balaban J connectivity index is 1.80. The van der Waals surface area contributed by atoms with Gasteiger partial charge < -0.3 is 9.84 Å². The van der Waals surface area contributed by atoms with Gasteiger partial charge in [0.25, 0.3) is 0 Å². The van der Waals surface area contributed by atoms with E-state index in [0.717, 1.165) is 29.7 Å². The van der Waals surface area contributed by atoms with E-state index in [1.54, 1.807) is 31.2 Å². The quantitative estimate of drug-likeness (QED) is 0.379. The van der Waals surface area contributed by atoms with Crippen molar-refractivity contribution >= 4 is 17.1 Å². The summed E-state index contributed by atoms with van der Waals surface area (Å²) in [5.74, 6) is -1.16. The number of benzene rings is 3. The number of rotatable bonds is 6. The molecule has 4 rings (SSSR count). The van der Waals surface area contributed by atoms with E-state index in [1.807, 2.05) is 6.07 Å². The summed E-state index contributed by atoms with van der Waals surface area (Å²) in [7, 11) is 0. The monoisotopic (exact) mass is 470 g/mol. The maximum Gasteiger partial charge on any atom is 0.416 e. The van der Waals surface area contributed by atoms with Crippen LogP contribution in [0.25, 0.3) is 11.1 Å². The van der Waals surface area contributed by atoms with Crippen LogP contribution in [0.15, 0.2) is 60.7 Å². The van der Waals surface area contributed by atoms with Crippen LogP contribution in [0, 0.1) is 12.7 Å². The molecule has 3 aromatic carbocycles. The van der Waals surface area contributed by atoms with Gasteiger partial charge >= 0.3 is 12.1 Å². The molecule has 0 amide bonds. The average Bonchev–Trinajstić information content (AvgIpc) is 3.27. The fourth-order valence-electron chi connectivity index (χ4n) is 4.25. The first-order chi connectivity index (χ1) is 16.1. The standard InChI is InChI=1S/C27H22F4O3/c1-16-11-18(13-19(12-16)26(32)33)22-3-2-4-23(22)24-14-20(27(29,30)31)7-10-25(24)34-15-17-5-8-21(28)9-6-17/h5-14H,2-4,15H2,1H3,(H,32,33). The normalized spacial score (nSPS) is 13.9. The Morgan fingerprint density at radius 2 is 1.68 bits per heavy atom. The Morgan fingerprint density at radius 1 is 0.971 bits per heavy atom. The lowest BCUT2D eigenvalue weighted by Gasteiger charge is -2.17. The Kier molecular flexibility index (Phi) is 6.46. The second-order valence-corrected chi connectivity index (χ2v) is 8.33. The molecule has 1 N–H and O–H groups in total. The van der Waals surface area contributed by atoms with Crippen LogP contribution in [0.3, 0.4) is 0 Å². The molecule has 176 valence electrons. The van der Waals surface area contributed by atoms with Gasteiger partial charge in [0.05, 0.1) is 11.1 Å². The van der Waals surface area contributed by atoms with E-state index in [1.165, 1.54) is 18.2 Å². The number of halogens is 4. The first kappa shape index (κ1) is 23.5. The van der Waals surface area contributed by atoms with Gasteiger partial charge in [-0.2, -0.15) is 13.2 Å². The third-order valence-corrected chi connectivity index (χ3v) is 5.83. The zero-order valence-electron chi connectivity index (χ0n) is 18.4. The number of alkyl halides is 3. The van der Waals surface area contributed by atoms with Crippen LogP contribution in [0.1, 0.15) is 57.4 Å². The van der Waals surface area contributed by atoms with Gasteiger partial charge in [-0.25, -0.2) is 9.18 Å². The fourth-order valence-corrected chi connectivity index (χ4v) is 4.25. The summed E-state index contributed by atoms with van der Waals surface area (Å²) in [5, 5.41) is 9.44. The number of aryl methyl sites for hydroxylation is 1. The fraction of sp³-hybridized carbons (Fsp3) is 0.222. The molecule has 0 bridgehead atoms. The van der Waals surface area contributed by atoms with E-state index >= 15 is 0 Å². The van der Waals surface area contributed by atoms with E-state index in [0.29, 0.717) is 35.1 Å². The van der Waals surface area contributed by atoms with Crippen molar-refractivity contribution in [3.63, 3.8) is 0 Å². The largest absolute Gasteiger partial charge is 0.488 e. The van der Waals surface area contributed by atoms with Crippen LogP contribution in [0.4, 0.5) is 17.6 Å². The minimum atomic E-state index is -4.52. The van der Waals surface area contributed by atoms with Gasteiger partial charge in [-0.1, -0.05) is 18.2 Å². The van der Waals surface area contributed by atoms with Crippen molar-refractivity contribution in [1.29, 1.82) is 0 Å². The van der Waals surface area contributed by atoms with Crippen molar-refractivity contribution in [2.24, 2.45) is 0 Å². The smallest absolute Gasteiger partial charge is 0.416 e.